The van der Waals surface area contributed by atoms with Gasteiger partial charge in [0.1, 0.15) is 61.0 Å². The Balaban J connectivity index is 1.01. The third-order valence-electron chi connectivity index (χ3n) is 18.9. The predicted octanol–water partition coefficient (Wildman–Crippen LogP) is 0.872. The van der Waals surface area contributed by atoms with Crippen LogP contribution >= 0.6 is 0 Å². The van der Waals surface area contributed by atoms with Crippen molar-refractivity contribution < 1.29 is 89.1 Å². The Morgan fingerprint density at radius 3 is 2.05 bits per heavy atom. The summed E-state index contributed by atoms with van der Waals surface area (Å²) in [6, 6.07) is 0. The van der Waals surface area contributed by atoms with E-state index in [1.54, 1.807) is 0 Å². The number of esters is 1. The molecule has 5 aliphatic carbocycles. The quantitative estimate of drug-likeness (QED) is 0.0918. The molecule has 22 atom stereocenters. The van der Waals surface area contributed by atoms with Gasteiger partial charge in [0.2, 0.25) is 6.29 Å². The van der Waals surface area contributed by atoms with E-state index in [1.165, 1.54) is 5.57 Å². The molecule has 3 heterocycles. The fraction of sp³-hybridized carbons (Fsp3) is 0.915. The number of hydrogen-bond donors (Lipinski definition) is 10. The van der Waals surface area contributed by atoms with E-state index in [9.17, 15) is 60.7 Å². The van der Waals surface area contributed by atoms with Gasteiger partial charge in [-0.3, -0.25) is 4.79 Å². The third-order valence-corrected chi connectivity index (χ3v) is 18.9. The summed E-state index contributed by atoms with van der Waals surface area (Å²) >= 11 is 0. The molecule has 8 rings (SSSR count). The van der Waals surface area contributed by atoms with Crippen molar-refractivity contribution in [2.45, 2.75) is 205 Å². The molecule has 0 bridgehead atoms. The van der Waals surface area contributed by atoms with E-state index < -0.39 is 128 Å². The lowest BCUT2D eigenvalue weighted by molar-refractivity contribution is -0.354. The van der Waals surface area contributed by atoms with Crippen LogP contribution in [0.1, 0.15) is 113 Å². The van der Waals surface area contributed by atoms with Crippen molar-refractivity contribution in [2.24, 2.45) is 50.2 Å². The Labute approximate surface area is 380 Å². The molecule has 8 aliphatic rings. The van der Waals surface area contributed by atoms with Crippen LogP contribution in [0.2, 0.25) is 0 Å². The molecule has 0 aromatic heterocycles. The first-order valence-electron chi connectivity index (χ1n) is 23.7. The molecule has 65 heavy (non-hydrogen) atoms. The standard InChI is InChI=1S/C47H74O18/c1-42(2)14-16-47(41(59)65-39-33(55)30(52)29(51)24(19-48)61-39)17-15-45(6)21(22(47)18-42)8-9-26-44(5)12-11-27(43(3,4)25(44)10-13-46(26,45)7)62-40-34(56)31(53)35(36(64-40)37(57)58)63-38-32(54)28(50)23(49)20-60-38/h8,22-36,38-40,48-56H,9-20H2,1-7H3,(H,57,58)/t22-,23-,24+,25+,26+,27-,28-,29+,30-,31+,32+,33+,34+,35-,36-,38-,39-,40+,44-,45+,46+,47-/m0/s1. The molecule has 4 saturated carbocycles. The highest BCUT2D eigenvalue weighted by Gasteiger charge is 2.70. The summed E-state index contributed by atoms with van der Waals surface area (Å²) in [6.45, 7) is 14.9. The lowest BCUT2D eigenvalue weighted by atomic mass is 9.33. The molecule has 7 fully saturated rings. The first-order chi connectivity index (χ1) is 30.3. The number of rotatable bonds is 8. The molecule has 0 aromatic rings. The van der Waals surface area contributed by atoms with Gasteiger partial charge in [0.05, 0.1) is 24.7 Å². The van der Waals surface area contributed by atoms with Gasteiger partial charge in [0.15, 0.2) is 18.7 Å². The number of aliphatic carboxylic acids is 1. The maximum atomic E-state index is 14.6. The summed E-state index contributed by atoms with van der Waals surface area (Å²) in [5, 5.41) is 105. The second-order valence-corrected chi connectivity index (χ2v) is 23.1. The van der Waals surface area contributed by atoms with Gasteiger partial charge in [0, 0.05) is 0 Å². The normalized spacial score (nSPS) is 52.7. The van der Waals surface area contributed by atoms with Gasteiger partial charge in [-0.15, -0.1) is 0 Å². The molecule has 3 saturated heterocycles. The zero-order chi connectivity index (χ0) is 47.6. The Bertz CT molecular complexity index is 1820. The lowest BCUT2D eigenvalue weighted by Crippen LogP contribution is -2.67. The molecule has 18 heteroatoms. The van der Waals surface area contributed by atoms with Gasteiger partial charge < -0.3 is 79.5 Å². The third kappa shape index (κ3) is 7.76. The summed E-state index contributed by atoms with van der Waals surface area (Å²) in [5.41, 5.74) is -0.801. The molecule has 3 aliphatic heterocycles. The number of carboxylic acid groups (broad SMARTS) is 1. The van der Waals surface area contributed by atoms with Crippen molar-refractivity contribution in [3.8, 4) is 0 Å². The molecule has 0 unspecified atom stereocenters. The number of ether oxygens (including phenoxy) is 6. The number of hydrogen-bond acceptors (Lipinski definition) is 17. The minimum Gasteiger partial charge on any atom is -0.479 e. The van der Waals surface area contributed by atoms with Crippen LogP contribution in [0.4, 0.5) is 0 Å². The molecule has 0 radical (unpaired) electrons. The van der Waals surface area contributed by atoms with E-state index in [-0.39, 0.29) is 39.4 Å². The molecule has 0 spiro atoms. The Hall–Kier alpha value is -1.88. The van der Waals surface area contributed by atoms with Crippen molar-refractivity contribution in [3.63, 3.8) is 0 Å². The Morgan fingerprint density at radius 1 is 0.708 bits per heavy atom. The van der Waals surface area contributed by atoms with Gasteiger partial charge in [-0.1, -0.05) is 60.1 Å². The molecule has 18 nitrogen and oxygen atoms in total. The molecule has 370 valence electrons. The van der Waals surface area contributed by atoms with E-state index in [2.05, 4.69) is 54.5 Å². The number of fused-ring (bicyclic) bond motifs is 7. The average molecular weight is 927 g/mol. The van der Waals surface area contributed by atoms with Crippen LogP contribution in [0.3, 0.4) is 0 Å². The van der Waals surface area contributed by atoms with Crippen molar-refractivity contribution in [2.75, 3.05) is 13.2 Å². The minimum atomic E-state index is -1.84. The SMILES string of the molecule is CC1(C)CC[C@]2(C(=O)O[C@@H]3O[C@H](CO)[C@@H](O)[C@H](O)[C@H]3O)CC[C@]3(C)C(=CC[C@@H]4[C@@]5(C)CC[C@H](O[C@@H]6O[C@H](C(=O)O)[C@@H](O[C@@H]7OC[C@H](O)[C@H](O)[C@H]7O)[C@H](O)[C@H]6O)C(C)(C)[C@H]5CC[C@]43C)[C@@H]2C1. The predicted molar refractivity (Wildman–Crippen MR) is 225 cm³/mol. The summed E-state index contributed by atoms with van der Waals surface area (Å²) in [5.74, 6) is -1.77. The maximum Gasteiger partial charge on any atom is 0.335 e. The fourth-order valence-corrected chi connectivity index (χ4v) is 14.7. The zero-order valence-corrected chi connectivity index (χ0v) is 38.7. The minimum absolute atomic E-state index is 0.0646. The molecule has 0 aromatic carbocycles. The van der Waals surface area contributed by atoms with Crippen LogP contribution in [-0.2, 0) is 38.0 Å². The zero-order valence-electron chi connectivity index (χ0n) is 38.7. The van der Waals surface area contributed by atoms with E-state index in [4.69, 9.17) is 28.4 Å². The largest absolute Gasteiger partial charge is 0.479 e. The van der Waals surface area contributed by atoms with Crippen LogP contribution in [0.5, 0.6) is 0 Å². The highest BCUT2D eigenvalue weighted by atomic mass is 16.7. The van der Waals surface area contributed by atoms with Gasteiger partial charge in [-0.05, 0) is 109 Å². The highest BCUT2D eigenvalue weighted by molar-refractivity contribution is 5.79. The smallest absolute Gasteiger partial charge is 0.335 e. The lowest BCUT2D eigenvalue weighted by Gasteiger charge is -2.71. The number of carbonyl (C=O) groups is 2. The van der Waals surface area contributed by atoms with Crippen LogP contribution in [0.25, 0.3) is 0 Å². The fourth-order valence-electron chi connectivity index (χ4n) is 14.7. The Kier molecular flexibility index (Phi) is 13.1. The van der Waals surface area contributed by atoms with Gasteiger partial charge in [0.25, 0.3) is 0 Å². The van der Waals surface area contributed by atoms with Gasteiger partial charge in [-0.25, -0.2) is 4.79 Å². The molecule has 10 N–H and O–H groups in total. The molecular formula is C47H74O18. The first kappa shape index (κ1) is 49.5. The highest BCUT2D eigenvalue weighted by Crippen LogP contribution is 2.76. The number of allylic oxidation sites excluding steroid dienone is 2. The monoisotopic (exact) mass is 926 g/mol. The molecule has 0 amide bonds. The summed E-state index contributed by atoms with van der Waals surface area (Å²) in [4.78, 5) is 27.2. The van der Waals surface area contributed by atoms with Crippen molar-refractivity contribution in [1.29, 1.82) is 0 Å². The van der Waals surface area contributed by atoms with E-state index in [0.717, 1.165) is 44.9 Å². The topological polar surface area (TPSA) is 292 Å². The number of aliphatic hydroxyl groups is 9. The number of carboxylic acids is 1. The molecular weight excluding hydrogens is 852 g/mol. The second-order valence-electron chi connectivity index (χ2n) is 23.1. The number of carbonyl (C=O) groups excluding carboxylic acids is 1. The van der Waals surface area contributed by atoms with Gasteiger partial charge >= 0.3 is 11.9 Å². The van der Waals surface area contributed by atoms with Crippen molar-refractivity contribution >= 4 is 11.9 Å². The van der Waals surface area contributed by atoms with Crippen LogP contribution in [0.15, 0.2) is 11.6 Å². The summed E-state index contributed by atoms with van der Waals surface area (Å²) in [6.07, 6.45) is -13.6. The van der Waals surface area contributed by atoms with Crippen LogP contribution < -0.4 is 0 Å². The maximum absolute atomic E-state index is 14.6. The van der Waals surface area contributed by atoms with Crippen LogP contribution in [-0.4, -0.2) is 168 Å². The van der Waals surface area contributed by atoms with Crippen LogP contribution in [0, 0.1) is 50.2 Å². The van der Waals surface area contributed by atoms with Gasteiger partial charge in [-0.2, -0.15) is 0 Å². The first-order valence-corrected chi connectivity index (χ1v) is 23.7. The van der Waals surface area contributed by atoms with E-state index >= 15 is 0 Å². The Morgan fingerprint density at radius 2 is 1.37 bits per heavy atom. The second kappa shape index (κ2) is 17.2. The average Bonchev–Trinajstić information content (AvgIpc) is 3.24. The van der Waals surface area contributed by atoms with Crippen molar-refractivity contribution in [1.82, 2.24) is 0 Å². The van der Waals surface area contributed by atoms with E-state index in [0.29, 0.717) is 19.3 Å². The number of aliphatic hydroxyl groups excluding tert-OH is 9. The van der Waals surface area contributed by atoms with E-state index in [1.807, 2.05) is 0 Å². The van der Waals surface area contributed by atoms with Crippen molar-refractivity contribution in [3.05, 3.63) is 11.6 Å². The summed E-state index contributed by atoms with van der Waals surface area (Å²) < 4.78 is 34.9. The summed E-state index contributed by atoms with van der Waals surface area (Å²) in [7, 11) is 0.